The molecule has 21 heavy (non-hydrogen) atoms. The van der Waals surface area contributed by atoms with Crippen LogP contribution >= 0.6 is 15.9 Å². The van der Waals surface area contributed by atoms with E-state index in [0.29, 0.717) is 17.7 Å². The second kappa shape index (κ2) is 6.58. The first-order chi connectivity index (χ1) is 10.0. The molecular formula is C15H15BrFN3O. The summed E-state index contributed by atoms with van der Waals surface area (Å²) in [7, 11) is 1.82. The molecule has 110 valence electrons. The van der Waals surface area contributed by atoms with Crippen molar-refractivity contribution >= 4 is 27.5 Å². The Bertz CT molecular complexity index is 676. The van der Waals surface area contributed by atoms with E-state index in [-0.39, 0.29) is 11.7 Å². The summed E-state index contributed by atoms with van der Waals surface area (Å²) in [6, 6.07) is 12.0. The quantitative estimate of drug-likeness (QED) is 0.384. The molecule has 0 unspecified atom stereocenters. The Morgan fingerprint density at radius 1 is 1.33 bits per heavy atom. The molecule has 0 atom stereocenters. The highest BCUT2D eigenvalue weighted by Gasteiger charge is 2.12. The topological polar surface area (TPSA) is 61.8 Å². The number of halogens is 2. The van der Waals surface area contributed by atoms with E-state index >= 15 is 0 Å². The first-order valence-corrected chi connectivity index (χ1v) is 7.04. The predicted molar refractivity (Wildman–Crippen MR) is 85.2 cm³/mol. The lowest BCUT2D eigenvalue weighted by atomic mass is 10.1. The van der Waals surface area contributed by atoms with E-state index in [4.69, 9.17) is 10.9 Å². The second-order valence-electron chi connectivity index (χ2n) is 4.59. The van der Waals surface area contributed by atoms with Crippen molar-refractivity contribution in [1.82, 2.24) is 0 Å². The maximum absolute atomic E-state index is 13.8. The molecule has 0 saturated heterocycles. The van der Waals surface area contributed by atoms with Gasteiger partial charge in [-0.1, -0.05) is 33.2 Å². The van der Waals surface area contributed by atoms with Gasteiger partial charge < -0.3 is 15.8 Å². The summed E-state index contributed by atoms with van der Waals surface area (Å²) in [5.74, 6) is -0.251. The Balaban J connectivity index is 2.33. The SMILES string of the molecule is CN(Cc1cc(Br)ccc1F)c1ccccc1/C(N)=N/O. The van der Waals surface area contributed by atoms with E-state index in [1.807, 2.05) is 24.1 Å². The molecule has 0 aliphatic heterocycles. The Morgan fingerprint density at radius 3 is 2.76 bits per heavy atom. The lowest BCUT2D eigenvalue weighted by Gasteiger charge is -2.22. The minimum Gasteiger partial charge on any atom is -0.409 e. The third kappa shape index (κ3) is 3.52. The van der Waals surface area contributed by atoms with Crippen molar-refractivity contribution in [2.75, 3.05) is 11.9 Å². The van der Waals surface area contributed by atoms with Gasteiger partial charge in [0.1, 0.15) is 5.82 Å². The molecule has 0 aromatic heterocycles. The minimum atomic E-state index is -0.272. The zero-order valence-corrected chi connectivity index (χ0v) is 13.0. The summed E-state index contributed by atoms with van der Waals surface area (Å²) in [6.07, 6.45) is 0. The van der Waals surface area contributed by atoms with Gasteiger partial charge in [0.15, 0.2) is 5.84 Å². The highest BCUT2D eigenvalue weighted by molar-refractivity contribution is 9.10. The Hall–Kier alpha value is -2.08. The molecule has 0 aliphatic carbocycles. The maximum atomic E-state index is 13.8. The summed E-state index contributed by atoms with van der Waals surface area (Å²) in [4.78, 5) is 1.85. The first-order valence-electron chi connectivity index (χ1n) is 6.25. The maximum Gasteiger partial charge on any atom is 0.172 e. The fourth-order valence-corrected chi connectivity index (χ4v) is 2.49. The number of benzene rings is 2. The van der Waals surface area contributed by atoms with Crippen LogP contribution in [0.15, 0.2) is 52.1 Å². The van der Waals surface area contributed by atoms with Crippen LogP contribution in [0.1, 0.15) is 11.1 Å². The number of nitrogens with two attached hydrogens (primary N) is 1. The van der Waals surface area contributed by atoms with Gasteiger partial charge in [0.25, 0.3) is 0 Å². The Labute approximate surface area is 130 Å². The van der Waals surface area contributed by atoms with E-state index in [0.717, 1.165) is 10.2 Å². The van der Waals surface area contributed by atoms with Crippen LogP contribution in [-0.4, -0.2) is 18.1 Å². The van der Waals surface area contributed by atoms with E-state index in [1.165, 1.54) is 6.07 Å². The van der Waals surface area contributed by atoms with Crippen molar-refractivity contribution in [1.29, 1.82) is 0 Å². The van der Waals surface area contributed by atoms with Gasteiger partial charge in [-0.15, -0.1) is 0 Å². The molecule has 0 spiro atoms. The van der Waals surface area contributed by atoms with E-state index < -0.39 is 0 Å². The molecule has 2 aromatic carbocycles. The normalized spacial score (nSPS) is 11.5. The van der Waals surface area contributed by atoms with Crippen molar-refractivity contribution in [3.05, 3.63) is 63.9 Å². The summed E-state index contributed by atoms with van der Waals surface area (Å²) in [5, 5.41) is 11.9. The zero-order chi connectivity index (χ0) is 15.4. The lowest BCUT2D eigenvalue weighted by molar-refractivity contribution is 0.318. The minimum absolute atomic E-state index is 0.0205. The van der Waals surface area contributed by atoms with Crippen LogP contribution in [-0.2, 0) is 6.54 Å². The van der Waals surface area contributed by atoms with Gasteiger partial charge in [-0.3, -0.25) is 0 Å². The first kappa shape index (κ1) is 15.3. The molecule has 0 fully saturated rings. The van der Waals surface area contributed by atoms with Crippen molar-refractivity contribution in [2.24, 2.45) is 10.9 Å². The Morgan fingerprint density at radius 2 is 2.05 bits per heavy atom. The molecular weight excluding hydrogens is 337 g/mol. The van der Waals surface area contributed by atoms with Crippen LogP contribution in [0.5, 0.6) is 0 Å². The van der Waals surface area contributed by atoms with Crippen molar-refractivity contribution in [3.63, 3.8) is 0 Å². The van der Waals surface area contributed by atoms with Gasteiger partial charge in [0.2, 0.25) is 0 Å². The van der Waals surface area contributed by atoms with Crippen LogP contribution in [0.2, 0.25) is 0 Å². The van der Waals surface area contributed by atoms with Gasteiger partial charge in [0.05, 0.1) is 0 Å². The number of nitrogens with zero attached hydrogens (tertiary/aromatic N) is 2. The number of hydrogen-bond acceptors (Lipinski definition) is 3. The number of oxime groups is 1. The van der Waals surface area contributed by atoms with Gasteiger partial charge in [-0.05, 0) is 30.3 Å². The van der Waals surface area contributed by atoms with E-state index in [2.05, 4.69) is 21.1 Å². The summed E-state index contributed by atoms with van der Waals surface area (Å²) in [6.45, 7) is 0.362. The number of anilines is 1. The van der Waals surface area contributed by atoms with E-state index in [9.17, 15) is 4.39 Å². The van der Waals surface area contributed by atoms with Crippen molar-refractivity contribution < 1.29 is 9.60 Å². The standard InChI is InChI=1S/C15H15BrFN3O/c1-20(9-10-8-11(16)6-7-13(10)17)14-5-3-2-4-12(14)15(18)19-21/h2-8,21H,9H2,1H3,(H2,18,19). The van der Waals surface area contributed by atoms with Gasteiger partial charge in [0, 0.05) is 34.9 Å². The van der Waals surface area contributed by atoms with Crippen molar-refractivity contribution in [2.45, 2.75) is 6.54 Å². The zero-order valence-electron chi connectivity index (χ0n) is 11.4. The van der Waals surface area contributed by atoms with Crippen LogP contribution < -0.4 is 10.6 Å². The average Bonchev–Trinajstić information content (AvgIpc) is 2.50. The van der Waals surface area contributed by atoms with E-state index in [1.54, 1.807) is 24.3 Å². The molecule has 0 saturated carbocycles. The number of para-hydroxylation sites is 1. The summed E-state index contributed by atoms with van der Waals surface area (Å²) >= 11 is 3.33. The van der Waals surface area contributed by atoms with Gasteiger partial charge >= 0.3 is 0 Å². The molecule has 0 heterocycles. The summed E-state index contributed by atoms with van der Waals surface area (Å²) < 4.78 is 14.7. The third-order valence-electron chi connectivity index (χ3n) is 3.11. The largest absolute Gasteiger partial charge is 0.409 e. The third-order valence-corrected chi connectivity index (χ3v) is 3.61. The van der Waals surface area contributed by atoms with Crippen LogP contribution in [0, 0.1) is 5.82 Å². The highest BCUT2D eigenvalue weighted by Crippen LogP contribution is 2.23. The number of rotatable bonds is 4. The fraction of sp³-hybridized carbons (Fsp3) is 0.133. The van der Waals surface area contributed by atoms with Crippen LogP contribution in [0.4, 0.5) is 10.1 Å². The molecule has 0 aliphatic rings. The molecule has 0 amide bonds. The highest BCUT2D eigenvalue weighted by atomic mass is 79.9. The van der Waals surface area contributed by atoms with Crippen LogP contribution in [0.3, 0.4) is 0 Å². The van der Waals surface area contributed by atoms with Gasteiger partial charge in [-0.2, -0.15) is 0 Å². The molecule has 3 N–H and O–H groups in total. The lowest BCUT2D eigenvalue weighted by Crippen LogP contribution is -2.23. The molecule has 0 bridgehead atoms. The molecule has 2 aromatic rings. The van der Waals surface area contributed by atoms with Crippen molar-refractivity contribution in [3.8, 4) is 0 Å². The number of amidine groups is 1. The molecule has 2 rings (SSSR count). The van der Waals surface area contributed by atoms with Gasteiger partial charge in [-0.25, -0.2) is 4.39 Å². The molecule has 4 nitrogen and oxygen atoms in total. The predicted octanol–water partition coefficient (Wildman–Crippen LogP) is 3.32. The monoisotopic (exact) mass is 351 g/mol. The average molecular weight is 352 g/mol. The second-order valence-corrected chi connectivity index (χ2v) is 5.51. The molecule has 0 radical (unpaired) electrons. The Kier molecular flexibility index (Phi) is 4.80. The summed E-state index contributed by atoms with van der Waals surface area (Å²) in [5.41, 5.74) is 7.58. The fourth-order valence-electron chi connectivity index (χ4n) is 2.08. The molecule has 6 heteroatoms. The smallest absolute Gasteiger partial charge is 0.172 e. The number of hydrogen-bond donors (Lipinski definition) is 2. The van der Waals surface area contributed by atoms with Crippen LogP contribution in [0.25, 0.3) is 0 Å².